The number of hydrazine groups is 1. The van der Waals surface area contributed by atoms with Crippen molar-refractivity contribution < 1.29 is 4.74 Å². The molecule has 1 aliphatic heterocycles. The number of nitrogens with zero attached hydrogens (tertiary/aromatic N) is 1. The maximum atomic E-state index is 6.09. The molecule has 2 atom stereocenters. The van der Waals surface area contributed by atoms with Crippen molar-refractivity contribution in [3.63, 3.8) is 0 Å². The standard InChI is InChI=1S/C14H23N3O/c1-10-6-4-7-11(2)17(10)16-12-8-5-9-13(18-3)14(12)15/h5,8-11,16H,4,6-7,15H2,1-3H3. The Morgan fingerprint density at radius 1 is 1.28 bits per heavy atom. The molecule has 4 nitrogen and oxygen atoms in total. The minimum atomic E-state index is 0.527. The molecule has 1 heterocycles. The number of hydrogen-bond acceptors (Lipinski definition) is 4. The molecule has 0 radical (unpaired) electrons. The molecule has 18 heavy (non-hydrogen) atoms. The molecule has 0 aromatic heterocycles. The predicted molar refractivity (Wildman–Crippen MR) is 75.6 cm³/mol. The monoisotopic (exact) mass is 249 g/mol. The van der Waals surface area contributed by atoms with Gasteiger partial charge in [0.2, 0.25) is 0 Å². The first-order valence-corrected chi connectivity index (χ1v) is 6.61. The third kappa shape index (κ3) is 2.53. The topological polar surface area (TPSA) is 50.5 Å². The predicted octanol–water partition coefficient (Wildman–Crippen LogP) is 2.87. The van der Waals surface area contributed by atoms with Crippen LogP contribution < -0.4 is 15.9 Å². The first-order valence-electron chi connectivity index (χ1n) is 6.61. The Bertz CT molecular complexity index is 398. The minimum Gasteiger partial charge on any atom is -0.495 e. The second-order valence-corrected chi connectivity index (χ2v) is 5.07. The van der Waals surface area contributed by atoms with E-state index < -0.39 is 0 Å². The molecular formula is C14H23N3O. The Hall–Kier alpha value is -1.42. The SMILES string of the molecule is COc1cccc(NN2C(C)CCCC2C)c1N. The number of para-hydroxylation sites is 1. The third-order valence-corrected chi connectivity index (χ3v) is 3.73. The van der Waals surface area contributed by atoms with Crippen molar-refractivity contribution in [1.29, 1.82) is 0 Å². The van der Waals surface area contributed by atoms with E-state index in [0.29, 0.717) is 17.8 Å². The summed E-state index contributed by atoms with van der Waals surface area (Å²) in [4.78, 5) is 0. The normalized spacial score (nSPS) is 24.8. The molecule has 4 heteroatoms. The molecule has 3 N–H and O–H groups in total. The van der Waals surface area contributed by atoms with Gasteiger partial charge in [0, 0.05) is 12.1 Å². The average molecular weight is 249 g/mol. The molecule has 1 fully saturated rings. The van der Waals surface area contributed by atoms with Crippen molar-refractivity contribution in [2.45, 2.75) is 45.2 Å². The van der Waals surface area contributed by atoms with Gasteiger partial charge in [0.05, 0.1) is 18.5 Å². The van der Waals surface area contributed by atoms with Gasteiger partial charge in [-0.2, -0.15) is 0 Å². The van der Waals surface area contributed by atoms with Crippen molar-refractivity contribution in [2.75, 3.05) is 18.3 Å². The minimum absolute atomic E-state index is 0.527. The summed E-state index contributed by atoms with van der Waals surface area (Å²) in [7, 11) is 1.64. The number of methoxy groups -OCH3 is 1. The smallest absolute Gasteiger partial charge is 0.143 e. The molecule has 2 rings (SSSR count). The largest absolute Gasteiger partial charge is 0.495 e. The second-order valence-electron chi connectivity index (χ2n) is 5.07. The lowest BCUT2D eigenvalue weighted by Gasteiger charge is -2.39. The van der Waals surface area contributed by atoms with E-state index in [-0.39, 0.29) is 0 Å². The van der Waals surface area contributed by atoms with Crippen LogP contribution in [0.2, 0.25) is 0 Å². The quantitative estimate of drug-likeness (QED) is 0.809. The molecular weight excluding hydrogens is 226 g/mol. The summed E-state index contributed by atoms with van der Waals surface area (Å²) in [6.07, 6.45) is 3.75. The van der Waals surface area contributed by atoms with Crippen LogP contribution in [-0.4, -0.2) is 24.2 Å². The fourth-order valence-electron chi connectivity index (χ4n) is 2.60. The van der Waals surface area contributed by atoms with Gasteiger partial charge in [-0.15, -0.1) is 0 Å². The lowest BCUT2D eigenvalue weighted by molar-refractivity contribution is 0.136. The van der Waals surface area contributed by atoms with Crippen molar-refractivity contribution >= 4 is 11.4 Å². The third-order valence-electron chi connectivity index (χ3n) is 3.73. The lowest BCUT2D eigenvalue weighted by atomic mass is 10.00. The Balaban J connectivity index is 2.17. The number of piperidine rings is 1. The van der Waals surface area contributed by atoms with Crippen molar-refractivity contribution in [1.82, 2.24) is 5.01 Å². The number of benzene rings is 1. The van der Waals surface area contributed by atoms with E-state index in [1.807, 2.05) is 18.2 Å². The molecule has 2 unspecified atom stereocenters. The lowest BCUT2D eigenvalue weighted by Crippen LogP contribution is -2.47. The van der Waals surface area contributed by atoms with Crippen LogP contribution in [0.3, 0.4) is 0 Å². The highest BCUT2D eigenvalue weighted by molar-refractivity contribution is 5.72. The van der Waals surface area contributed by atoms with E-state index in [0.717, 1.165) is 11.4 Å². The van der Waals surface area contributed by atoms with Gasteiger partial charge in [-0.25, -0.2) is 5.01 Å². The fraction of sp³-hybridized carbons (Fsp3) is 0.571. The summed E-state index contributed by atoms with van der Waals surface area (Å²) in [5.41, 5.74) is 11.1. The maximum Gasteiger partial charge on any atom is 0.143 e. The van der Waals surface area contributed by atoms with E-state index in [1.54, 1.807) is 7.11 Å². The highest BCUT2D eigenvalue weighted by atomic mass is 16.5. The van der Waals surface area contributed by atoms with Gasteiger partial charge >= 0.3 is 0 Å². The summed E-state index contributed by atoms with van der Waals surface area (Å²) in [5.74, 6) is 0.720. The highest BCUT2D eigenvalue weighted by Gasteiger charge is 2.25. The van der Waals surface area contributed by atoms with Gasteiger partial charge in [0.1, 0.15) is 5.75 Å². The Labute approximate surface area is 109 Å². The number of rotatable bonds is 3. The van der Waals surface area contributed by atoms with Gasteiger partial charge in [-0.3, -0.25) is 0 Å². The van der Waals surface area contributed by atoms with Gasteiger partial charge < -0.3 is 15.9 Å². The van der Waals surface area contributed by atoms with E-state index in [4.69, 9.17) is 10.5 Å². The molecule has 0 spiro atoms. The zero-order valence-electron chi connectivity index (χ0n) is 11.4. The van der Waals surface area contributed by atoms with Gasteiger partial charge in [0.25, 0.3) is 0 Å². The summed E-state index contributed by atoms with van der Waals surface area (Å²) in [6, 6.07) is 6.88. The number of nitrogens with one attached hydrogen (secondary N) is 1. The Morgan fingerprint density at radius 3 is 2.56 bits per heavy atom. The molecule has 1 aromatic rings. The van der Waals surface area contributed by atoms with Crippen molar-refractivity contribution in [2.24, 2.45) is 0 Å². The first-order chi connectivity index (χ1) is 8.63. The molecule has 0 amide bonds. The van der Waals surface area contributed by atoms with Crippen molar-refractivity contribution in [3.05, 3.63) is 18.2 Å². The molecule has 1 saturated heterocycles. The number of ether oxygens (including phenoxy) is 1. The van der Waals surface area contributed by atoms with Gasteiger partial charge in [-0.05, 0) is 38.8 Å². The molecule has 0 saturated carbocycles. The highest BCUT2D eigenvalue weighted by Crippen LogP contribution is 2.31. The Morgan fingerprint density at radius 2 is 1.94 bits per heavy atom. The molecule has 100 valence electrons. The van der Waals surface area contributed by atoms with E-state index in [2.05, 4.69) is 24.3 Å². The second kappa shape index (κ2) is 5.48. The van der Waals surface area contributed by atoms with Crippen LogP contribution in [-0.2, 0) is 0 Å². The van der Waals surface area contributed by atoms with Crippen LogP contribution in [0.4, 0.5) is 11.4 Å². The average Bonchev–Trinajstić information content (AvgIpc) is 2.36. The maximum absolute atomic E-state index is 6.09. The molecule has 1 aliphatic rings. The number of anilines is 2. The van der Waals surface area contributed by atoms with E-state index >= 15 is 0 Å². The zero-order valence-corrected chi connectivity index (χ0v) is 11.4. The van der Waals surface area contributed by atoms with Gasteiger partial charge in [-0.1, -0.05) is 12.5 Å². The first kappa shape index (κ1) is 13.0. The van der Waals surface area contributed by atoms with Crippen molar-refractivity contribution in [3.8, 4) is 5.75 Å². The summed E-state index contributed by atoms with van der Waals surface area (Å²) < 4.78 is 5.24. The van der Waals surface area contributed by atoms with Crippen LogP contribution in [0.25, 0.3) is 0 Å². The summed E-state index contributed by atoms with van der Waals surface area (Å²) in [5, 5.41) is 2.30. The van der Waals surface area contributed by atoms with E-state index in [1.165, 1.54) is 19.3 Å². The van der Waals surface area contributed by atoms with Crippen LogP contribution in [0.1, 0.15) is 33.1 Å². The molecule has 1 aromatic carbocycles. The summed E-state index contributed by atoms with van der Waals surface area (Å²) in [6.45, 7) is 4.50. The number of nitrogens with two attached hydrogens (primary N) is 1. The number of hydrogen-bond donors (Lipinski definition) is 2. The van der Waals surface area contributed by atoms with Crippen LogP contribution >= 0.6 is 0 Å². The molecule has 0 aliphatic carbocycles. The van der Waals surface area contributed by atoms with Crippen LogP contribution in [0.5, 0.6) is 5.75 Å². The number of nitrogen functional groups attached to an aromatic ring is 1. The Kier molecular flexibility index (Phi) is 3.97. The zero-order chi connectivity index (χ0) is 13.1. The summed E-state index contributed by atoms with van der Waals surface area (Å²) >= 11 is 0. The van der Waals surface area contributed by atoms with Crippen LogP contribution in [0.15, 0.2) is 18.2 Å². The van der Waals surface area contributed by atoms with Gasteiger partial charge in [0.15, 0.2) is 0 Å². The fourth-order valence-corrected chi connectivity index (χ4v) is 2.60. The van der Waals surface area contributed by atoms with Crippen LogP contribution in [0, 0.1) is 0 Å². The molecule has 0 bridgehead atoms. The van der Waals surface area contributed by atoms with E-state index in [9.17, 15) is 0 Å².